The van der Waals surface area contributed by atoms with Gasteiger partial charge in [0.2, 0.25) is 15.9 Å². The summed E-state index contributed by atoms with van der Waals surface area (Å²) in [5, 5.41) is 2.93. The molecular weight excluding hydrogens is 488 g/mol. The molecule has 1 amide bonds. The van der Waals surface area contributed by atoms with Crippen molar-refractivity contribution in [3.05, 3.63) is 78.1 Å². The van der Waals surface area contributed by atoms with Gasteiger partial charge in [-0.25, -0.2) is 16.8 Å². The van der Waals surface area contributed by atoms with Gasteiger partial charge in [-0.15, -0.1) is 0 Å². The number of carbonyl (C=O) groups excluding carboxylic acids is 1. The normalized spacial score (nSPS) is 12.6. The number of nitrogens with one attached hydrogen (secondary N) is 2. The molecule has 12 heteroatoms. The van der Waals surface area contributed by atoms with Gasteiger partial charge >= 0.3 is 0 Å². The summed E-state index contributed by atoms with van der Waals surface area (Å²) in [4.78, 5) is 16.6. The van der Waals surface area contributed by atoms with E-state index in [9.17, 15) is 21.6 Å². The third kappa shape index (κ3) is 6.21. The molecule has 9 nitrogen and oxygen atoms in total. The average Bonchev–Trinajstić information content (AvgIpc) is 2.73. The quantitative estimate of drug-likeness (QED) is 0.480. The van der Waals surface area contributed by atoms with Crippen LogP contribution in [0.3, 0.4) is 0 Å². The number of hydrogen-bond acceptors (Lipinski definition) is 6. The smallest absolute Gasteiger partial charge is 0.261 e. The number of sulfonamides is 2. The minimum Gasteiger partial charge on any atom is -0.324 e. The zero-order valence-corrected chi connectivity index (χ0v) is 20.0. The number of pyridine rings is 1. The lowest BCUT2D eigenvalue weighted by molar-refractivity contribution is -0.116. The van der Waals surface area contributed by atoms with Crippen molar-refractivity contribution in [3.8, 4) is 0 Å². The summed E-state index contributed by atoms with van der Waals surface area (Å²) in [6.07, 6.45) is 3.89. The molecule has 2 N–H and O–H groups in total. The fourth-order valence-corrected chi connectivity index (χ4v) is 5.42. The lowest BCUT2D eigenvalue weighted by Gasteiger charge is -2.28. The summed E-state index contributed by atoms with van der Waals surface area (Å²) in [6, 6.07) is 13.7. The van der Waals surface area contributed by atoms with Crippen molar-refractivity contribution in [2.75, 3.05) is 20.6 Å². The first-order valence-electron chi connectivity index (χ1n) is 9.56. The minimum atomic E-state index is -3.85. The van der Waals surface area contributed by atoms with E-state index >= 15 is 0 Å². The molecule has 3 aromatic rings. The zero-order valence-electron chi connectivity index (χ0n) is 17.6. The second-order valence-corrected chi connectivity index (χ2v) is 11.1. The van der Waals surface area contributed by atoms with E-state index in [2.05, 4.69) is 15.0 Å². The molecule has 1 aromatic heterocycles. The fourth-order valence-electron chi connectivity index (χ4n) is 3.02. The highest BCUT2D eigenvalue weighted by atomic mass is 35.5. The maximum Gasteiger partial charge on any atom is 0.261 e. The van der Waals surface area contributed by atoms with E-state index < -0.39 is 32.0 Å². The Labute approximate surface area is 197 Å². The molecule has 3 rings (SSSR count). The van der Waals surface area contributed by atoms with E-state index in [0.29, 0.717) is 16.4 Å². The van der Waals surface area contributed by atoms with Crippen LogP contribution in [0.2, 0.25) is 5.02 Å². The Morgan fingerprint density at radius 2 is 1.70 bits per heavy atom. The van der Waals surface area contributed by atoms with Crippen LogP contribution in [0.1, 0.15) is 6.92 Å². The summed E-state index contributed by atoms with van der Waals surface area (Å²) in [5.74, 6) is -0.607. The van der Waals surface area contributed by atoms with E-state index in [1.807, 2.05) is 0 Å². The summed E-state index contributed by atoms with van der Waals surface area (Å²) in [7, 11) is -7.66. The van der Waals surface area contributed by atoms with Crippen LogP contribution in [0.5, 0.6) is 0 Å². The topological polar surface area (TPSA) is 126 Å². The number of halogens is 1. The first kappa shape index (κ1) is 24.5. The monoisotopic (exact) mass is 508 g/mol. The molecule has 0 aliphatic rings. The van der Waals surface area contributed by atoms with Crippen molar-refractivity contribution in [3.63, 3.8) is 0 Å². The molecule has 0 spiro atoms. The van der Waals surface area contributed by atoms with Crippen LogP contribution in [0.15, 0.2) is 78.0 Å². The molecule has 2 aromatic carbocycles. The second kappa shape index (κ2) is 9.77. The molecule has 0 aliphatic heterocycles. The van der Waals surface area contributed by atoms with Gasteiger partial charge in [0.1, 0.15) is 6.04 Å². The SMILES string of the molecule is C[C@@H](C(=O)Nc1ccc(S(=O)(=O)Nc2cccnc2)cc1)N(c1cccc(Cl)c1)S(C)(=O)=O. The van der Waals surface area contributed by atoms with Crippen LogP contribution in [-0.2, 0) is 24.8 Å². The highest BCUT2D eigenvalue weighted by Crippen LogP contribution is 2.25. The molecule has 1 heterocycles. The van der Waals surface area contributed by atoms with Gasteiger partial charge in [0.15, 0.2) is 0 Å². The Balaban J connectivity index is 1.76. The maximum absolute atomic E-state index is 12.8. The zero-order chi connectivity index (χ0) is 24.2. The predicted octanol–water partition coefficient (Wildman–Crippen LogP) is 3.33. The second-order valence-electron chi connectivity index (χ2n) is 7.08. The fraction of sp³-hybridized carbons (Fsp3) is 0.143. The number of hydrogen-bond donors (Lipinski definition) is 2. The van der Waals surface area contributed by atoms with Crippen molar-refractivity contribution >= 4 is 54.6 Å². The van der Waals surface area contributed by atoms with E-state index in [0.717, 1.165) is 10.6 Å². The molecule has 0 bridgehead atoms. The molecule has 0 saturated heterocycles. The molecule has 0 unspecified atom stereocenters. The third-order valence-electron chi connectivity index (χ3n) is 4.50. The van der Waals surface area contributed by atoms with Crippen molar-refractivity contribution in [1.82, 2.24) is 4.98 Å². The Morgan fingerprint density at radius 3 is 2.27 bits per heavy atom. The number of benzene rings is 2. The van der Waals surface area contributed by atoms with Gasteiger partial charge in [0.25, 0.3) is 10.0 Å². The van der Waals surface area contributed by atoms with Crippen molar-refractivity contribution in [2.45, 2.75) is 17.9 Å². The van der Waals surface area contributed by atoms with Gasteiger partial charge in [0, 0.05) is 16.9 Å². The predicted molar refractivity (Wildman–Crippen MR) is 128 cm³/mol. The summed E-state index contributed by atoms with van der Waals surface area (Å²) in [6.45, 7) is 1.44. The highest BCUT2D eigenvalue weighted by molar-refractivity contribution is 7.92. The van der Waals surface area contributed by atoms with Crippen LogP contribution in [0, 0.1) is 0 Å². The van der Waals surface area contributed by atoms with Gasteiger partial charge in [-0.05, 0) is 61.5 Å². The van der Waals surface area contributed by atoms with Crippen molar-refractivity contribution in [1.29, 1.82) is 0 Å². The maximum atomic E-state index is 12.8. The largest absolute Gasteiger partial charge is 0.324 e. The Morgan fingerprint density at radius 1 is 1.00 bits per heavy atom. The molecule has 1 atom stereocenters. The summed E-state index contributed by atoms with van der Waals surface area (Å²) < 4.78 is 53.1. The summed E-state index contributed by atoms with van der Waals surface area (Å²) >= 11 is 5.98. The van der Waals surface area contributed by atoms with E-state index in [1.54, 1.807) is 24.3 Å². The molecule has 0 fully saturated rings. The Hall–Kier alpha value is -3.15. The first-order chi connectivity index (χ1) is 15.5. The number of carbonyl (C=O) groups is 1. The number of anilines is 3. The van der Waals surface area contributed by atoms with Crippen LogP contribution in [0.25, 0.3) is 0 Å². The number of amides is 1. The highest BCUT2D eigenvalue weighted by Gasteiger charge is 2.29. The van der Waals surface area contributed by atoms with Gasteiger partial charge in [0.05, 0.1) is 28.7 Å². The Bertz CT molecular complexity index is 1350. The lowest BCUT2D eigenvalue weighted by atomic mass is 10.2. The van der Waals surface area contributed by atoms with Gasteiger partial charge < -0.3 is 5.32 Å². The van der Waals surface area contributed by atoms with Crippen LogP contribution in [0.4, 0.5) is 17.1 Å². The first-order valence-corrected chi connectivity index (χ1v) is 13.3. The van der Waals surface area contributed by atoms with E-state index in [4.69, 9.17) is 11.6 Å². The van der Waals surface area contributed by atoms with Crippen LogP contribution >= 0.6 is 11.6 Å². The molecule has 0 radical (unpaired) electrons. The molecule has 0 aliphatic carbocycles. The Kier molecular flexibility index (Phi) is 7.25. The third-order valence-corrected chi connectivity index (χ3v) is 7.37. The molecule has 174 valence electrons. The van der Waals surface area contributed by atoms with Crippen molar-refractivity contribution < 1.29 is 21.6 Å². The average molecular weight is 509 g/mol. The standard InChI is InChI=1S/C21H21ClN4O5S2/c1-15(26(32(2,28)29)19-7-3-5-16(22)13-19)21(27)24-17-8-10-20(11-9-17)33(30,31)25-18-6-4-12-23-14-18/h3-15,25H,1-2H3,(H,24,27)/t15-/m0/s1. The van der Waals surface area contributed by atoms with Gasteiger partial charge in [-0.2, -0.15) is 0 Å². The molecule has 33 heavy (non-hydrogen) atoms. The van der Waals surface area contributed by atoms with Gasteiger partial charge in [-0.3, -0.25) is 18.8 Å². The molecule has 0 saturated carbocycles. The number of aromatic nitrogens is 1. The van der Waals surface area contributed by atoms with E-state index in [1.165, 1.54) is 55.7 Å². The lowest BCUT2D eigenvalue weighted by Crippen LogP contribution is -2.45. The van der Waals surface area contributed by atoms with Gasteiger partial charge in [-0.1, -0.05) is 17.7 Å². The minimum absolute atomic E-state index is 0.0194. The van der Waals surface area contributed by atoms with Crippen molar-refractivity contribution in [2.24, 2.45) is 0 Å². The molecular formula is C21H21ClN4O5S2. The number of rotatable bonds is 8. The number of nitrogens with zero attached hydrogens (tertiary/aromatic N) is 2. The summed E-state index contributed by atoms with van der Waals surface area (Å²) in [5.41, 5.74) is 0.855. The van der Waals surface area contributed by atoms with E-state index in [-0.39, 0.29) is 10.6 Å². The van der Waals surface area contributed by atoms with Crippen LogP contribution < -0.4 is 14.3 Å². The van der Waals surface area contributed by atoms with Crippen LogP contribution in [-0.4, -0.2) is 40.0 Å².